The lowest BCUT2D eigenvalue weighted by Crippen LogP contribution is -2.46. The van der Waals surface area contributed by atoms with Gasteiger partial charge in [-0.15, -0.1) is 0 Å². The van der Waals surface area contributed by atoms with Gasteiger partial charge in [0, 0.05) is 43.7 Å². The van der Waals surface area contributed by atoms with Gasteiger partial charge in [-0.2, -0.15) is 4.98 Å². The van der Waals surface area contributed by atoms with Crippen molar-refractivity contribution >= 4 is 5.82 Å². The van der Waals surface area contributed by atoms with Crippen molar-refractivity contribution < 1.29 is 18.3 Å². The molecule has 0 aromatic carbocycles. The molecule has 0 spiro atoms. The number of anilines is 1. The van der Waals surface area contributed by atoms with Crippen LogP contribution in [-0.4, -0.2) is 34.2 Å². The van der Waals surface area contributed by atoms with Crippen molar-refractivity contribution in [1.29, 1.82) is 0 Å². The Morgan fingerprint density at radius 1 is 1.24 bits per heavy atom. The van der Waals surface area contributed by atoms with Gasteiger partial charge in [0.25, 0.3) is 0 Å². The molecule has 3 aliphatic rings. The van der Waals surface area contributed by atoms with Crippen molar-refractivity contribution in [3.05, 3.63) is 75.7 Å². The molecular formula is C24H24F2N4O3. The maximum atomic E-state index is 14.8. The zero-order valence-electron chi connectivity index (χ0n) is 18.3. The minimum atomic E-state index is -0.841. The molecule has 0 radical (unpaired) electrons. The molecule has 2 aliphatic heterocycles. The molecule has 2 bridgehead atoms. The van der Waals surface area contributed by atoms with Crippen molar-refractivity contribution in [2.45, 2.75) is 32.7 Å². The van der Waals surface area contributed by atoms with Gasteiger partial charge in [-0.05, 0) is 55.9 Å². The topological polar surface area (TPSA) is 69.5 Å². The van der Waals surface area contributed by atoms with E-state index in [2.05, 4.69) is 14.9 Å². The summed E-state index contributed by atoms with van der Waals surface area (Å²) in [7, 11) is 0. The zero-order chi connectivity index (χ0) is 22.9. The second-order valence-electron chi connectivity index (χ2n) is 8.56. The maximum Gasteiger partial charge on any atom is 0.352 e. The number of pyridine rings is 1. The third-order valence-corrected chi connectivity index (χ3v) is 6.05. The van der Waals surface area contributed by atoms with Crippen LogP contribution in [0.1, 0.15) is 25.0 Å². The minimum absolute atomic E-state index is 0.0304. The number of fused-ring (bicyclic) bond motifs is 4. The van der Waals surface area contributed by atoms with Gasteiger partial charge in [-0.25, -0.2) is 13.6 Å². The fourth-order valence-electron chi connectivity index (χ4n) is 4.46. The van der Waals surface area contributed by atoms with Crippen molar-refractivity contribution in [2.75, 3.05) is 24.6 Å². The van der Waals surface area contributed by atoms with E-state index in [4.69, 9.17) is 9.47 Å². The summed E-state index contributed by atoms with van der Waals surface area (Å²) in [6.45, 7) is 4.22. The second-order valence-corrected chi connectivity index (χ2v) is 8.56. The highest BCUT2D eigenvalue weighted by Gasteiger charge is 2.29. The molecule has 4 heterocycles. The number of hydrogen-bond acceptors (Lipinski definition) is 6. The molecule has 9 heteroatoms. The number of piperidine rings is 1. The number of ether oxygens (including phenoxy) is 2. The Morgan fingerprint density at radius 3 is 2.97 bits per heavy atom. The van der Waals surface area contributed by atoms with E-state index in [0.29, 0.717) is 29.5 Å². The quantitative estimate of drug-likeness (QED) is 0.680. The van der Waals surface area contributed by atoms with E-state index in [9.17, 15) is 13.6 Å². The summed E-state index contributed by atoms with van der Waals surface area (Å²) in [5.74, 6) is -0.375. The van der Waals surface area contributed by atoms with Gasteiger partial charge in [0.2, 0.25) is 5.88 Å². The molecule has 33 heavy (non-hydrogen) atoms. The van der Waals surface area contributed by atoms with Gasteiger partial charge in [0.05, 0.1) is 0 Å². The molecule has 1 saturated heterocycles. The van der Waals surface area contributed by atoms with Gasteiger partial charge >= 0.3 is 5.69 Å². The van der Waals surface area contributed by atoms with Crippen LogP contribution in [0.4, 0.5) is 14.6 Å². The number of aromatic nitrogens is 3. The van der Waals surface area contributed by atoms with Crippen molar-refractivity contribution in [2.24, 2.45) is 5.92 Å². The minimum Gasteiger partial charge on any atom is -0.473 e. The monoisotopic (exact) mass is 454 g/mol. The number of rotatable bonds is 5. The predicted molar refractivity (Wildman–Crippen MR) is 119 cm³/mol. The molecule has 1 atom stereocenters. The molecular weight excluding hydrogens is 430 g/mol. The third-order valence-electron chi connectivity index (χ3n) is 6.05. The lowest BCUT2D eigenvalue weighted by atomic mass is 9.96. The van der Waals surface area contributed by atoms with Crippen molar-refractivity contribution in [3.63, 3.8) is 0 Å². The first kappa shape index (κ1) is 21.4. The Hall–Kier alpha value is -3.49. The molecule has 172 valence electrons. The lowest BCUT2D eigenvalue weighted by molar-refractivity contribution is 0.309. The first-order valence-electron chi connectivity index (χ1n) is 11.0. The van der Waals surface area contributed by atoms with Crippen LogP contribution < -0.4 is 20.1 Å². The molecule has 7 nitrogen and oxygen atoms in total. The molecule has 2 aromatic rings. The average molecular weight is 454 g/mol. The molecule has 1 aliphatic carbocycles. The van der Waals surface area contributed by atoms with Crippen LogP contribution in [0.25, 0.3) is 0 Å². The normalized spacial score (nSPS) is 20.0. The standard InChI is InChI=1S/C24H24F2N4O3/c1-15-9-18(6-7-27-15)33-23-19(25)5-4-16(10-20(23)26)14-32-21-11-22-29-8-2-3-17(12-29)13-30(22)24(31)28-21/h5-7,9-11,17H,2-4,8,12-14H2,1H3. The van der Waals surface area contributed by atoms with E-state index in [0.717, 1.165) is 31.7 Å². The largest absolute Gasteiger partial charge is 0.473 e. The Morgan fingerprint density at radius 2 is 2.12 bits per heavy atom. The van der Waals surface area contributed by atoms with Crippen molar-refractivity contribution in [3.8, 4) is 11.6 Å². The van der Waals surface area contributed by atoms with E-state index in [1.807, 2.05) is 0 Å². The molecule has 0 amide bonds. The number of nitrogens with zero attached hydrogens (tertiary/aromatic N) is 4. The fraction of sp³-hybridized carbons (Fsp3) is 0.375. The van der Waals surface area contributed by atoms with E-state index < -0.39 is 17.4 Å². The second kappa shape index (κ2) is 8.80. The van der Waals surface area contributed by atoms with Gasteiger partial charge < -0.3 is 14.4 Å². The van der Waals surface area contributed by atoms with E-state index in [1.165, 1.54) is 24.4 Å². The van der Waals surface area contributed by atoms with Crippen LogP contribution in [-0.2, 0) is 6.54 Å². The van der Waals surface area contributed by atoms with Gasteiger partial charge in [-0.1, -0.05) is 0 Å². The van der Waals surface area contributed by atoms with E-state index in [1.54, 1.807) is 23.6 Å². The molecule has 0 N–H and O–H groups in total. The molecule has 0 saturated carbocycles. The third kappa shape index (κ3) is 4.53. The Bertz CT molecular complexity index is 1230. The molecule has 1 fully saturated rings. The SMILES string of the molecule is Cc1cc(OC2=C(F)C=C(COc3cc4n(c(=O)n3)CC3CCCN4C3)CC=C2F)ccn1. The van der Waals surface area contributed by atoms with Crippen LogP contribution in [0.2, 0.25) is 0 Å². The molecule has 5 rings (SSSR count). The van der Waals surface area contributed by atoms with Crippen LogP contribution in [0, 0.1) is 12.8 Å². The number of aryl methyl sites for hydroxylation is 1. The maximum absolute atomic E-state index is 14.8. The Balaban J connectivity index is 1.33. The lowest BCUT2D eigenvalue weighted by Gasteiger charge is -2.40. The van der Waals surface area contributed by atoms with E-state index >= 15 is 0 Å². The summed E-state index contributed by atoms with van der Waals surface area (Å²) in [6, 6.07) is 4.88. The number of halogens is 2. The van der Waals surface area contributed by atoms with Crippen LogP contribution in [0.3, 0.4) is 0 Å². The van der Waals surface area contributed by atoms with Crippen LogP contribution >= 0.6 is 0 Å². The molecule has 2 aromatic heterocycles. The first-order chi connectivity index (χ1) is 16.0. The summed E-state index contributed by atoms with van der Waals surface area (Å²) in [4.78, 5) is 22.8. The summed E-state index contributed by atoms with van der Waals surface area (Å²) in [6.07, 6.45) is 6.30. The summed E-state index contributed by atoms with van der Waals surface area (Å²) in [5.41, 5.74) is 0.809. The summed E-state index contributed by atoms with van der Waals surface area (Å²) in [5, 5.41) is 0. The predicted octanol–water partition coefficient (Wildman–Crippen LogP) is 4.00. The fourth-order valence-corrected chi connectivity index (χ4v) is 4.46. The Kier molecular flexibility index (Phi) is 5.70. The Labute approximate surface area is 189 Å². The highest BCUT2D eigenvalue weighted by molar-refractivity contribution is 5.45. The number of hydrogen-bond donors (Lipinski definition) is 0. The molecule has 1 unspecified atom stereocenters. The van der Waals surface area contributed by atoms with E-state index in [-0.39, 0.29) is 24.6 Å². The van der Waals surface area contributed by atoms with Crippen LogP contribution in [0.15, 0.2) is 64.3 Å². The van der Waals surface area contributed by atoms with Crippen LogP contribution in [0.5, 0.6) is 11.6 Å². The zero-order valence-corrected chi connectivity index (χ0v) is 18.3. The first-order valence-corrected chi connectivity index (χ1v) is 11.0. The van der Waals surface area contributed by atoms with Crippen molar-refractivity contribution in [1.82, 2.24) is 14.5 Å². The smallest absolute Gasteiger partial charge is 0.352 e. The summed E-state index contributed by atoms with van der Waals surface area (Å²) >= 11 is 0. The van der Waals surface area contributed by atoms with Gasteiger partial charge in [0.15, 0.2) is 17.4 Å². The average Bonchev–Trinajstić information content (AvgIpc) is 2.92. The highest BCUT2D eigenvalue weighted by atomic mass is 19.1. The summed E-state index contributed by atoms with van der Waals surface area (Å²) < 4.78 is 42.2. The van der Waals surface area contributed by atoms with Gasteiger partial charge in [0.1, 0.15) is 18.2 Å². The highest BCUT2D eigenvalue weighted by Crippen LogP contribution is 2.31. The van der Waals surface area contributed by atoms with Gasteiger partial charge in [-0.3, -0.25) is 9.55 Å². The number of allylic oxidation sites excluding steroid dienone is 4.